The molecule has 0 spiro atoms. The second kappa shape index (κ2) is 3.65. The highest BCUT2D eigenvalue weighted by molar-refractivity contribution is 5.71. The molecule has 0 aromatic carbocycles. The molecule has 1 heterocycles. The Kier molecular flexibility index (Phi) is 2.53. The van der Waals surface area contributed by atoms with Crippen LogP contribution in [0.3, 0.4) is 0 Å². The van der Waals surface area contributed by atoms with E-state index < -0.39 is 0 Å². The molecule has 0 unspecified atom stereocenters. The van der Waals surface area contributed by atoms with Crippen molar-refractivity contribution in [2.24, 2.45) is 0 Å². The Balaban J connectivity index is 2.37. The molecule has 0 atom stereocenters. The predicted octanol–water partition coefficient (Wildman–Crippen LogP) is -0.0948. The van der Waals surface area contributed by atoms with Gasteiger partial charge in [-0.1, -0.05) is 17.1 Å². The molecule has 0 aliphatic rings. The molecule has 60 valence electrons. The minimum absolute atomic E-state index is 0.0246. The fraction of sp³-hybridized carbons (Fsp3) is 0.600. The van der Waals surface area contributed by atoms with E-state index in [1.54, 1.807) is 0 Å². The van der Waals surface area contributed by atoms with Crippen molar-refractivity contribution in [3.8, 4) is 6.01 Å². The molecule has 6 nitrogen and oxygen atoms in total. The van der Waals surface area contributed by atoms with Crippen LogP contribution in [-0.4, -0.2) is 26.6 Å². The van der Waals surface area contributed by atoms with Crippen LogP contribution in [-0.2, 0) is 4.79 Å². The average Bonchev–Trinajstić information content (AvgIpc) is 2.40. The van der Waals surface area contributed by atoms with Crippen LogP contribution in [0.5, 0.6) is 6.01 Å². The van der Waals surface area contributed by atoms with E-state index in [-0.39, 0.29) is 12.0 Å². The van der Waals surface area contributed by atoms with Crippen molar-refractivity contribution >= 4 is 5.97 Å². The number of aromatic amines is 1. The van der Waals surface area contributed by atoms with Crippen LogP contribution in [0.25, 0.3) is 0 Å². The summed E-state index contributed by atoms with van der Waals surface area (Å²) >= 11 is 0. The number of aromatic nitrogens is 4. The van der Waals surface area contributed by atoms with E-state index in [2.05, 4.69) is 25.4 Å². The Hall–Kier alpha value is -1.46. The van der Waals surface area contributed by atoms with E-state index in [0.717, 1.165) is 6.42 Å². The van der Waals surface area contributed by atoms with Crippen molar-refractivity contribution in [2.45, 2.75) is 19.8 Å². The Labute approximate surface area is 62.9 Å². The van der Waals surface area contributed by atoms with Gasteiger partial charge in [0.05, 0.1) is 0 Å². The maximum atomic E-state index is 10.8. The van der Waals surface area contributed by atoms with Gasteiger partial charge in [-0.2, -0.15) is 5.21 Å². The van der Waals surface area contributed by atoms with Crippen LogP contribution >= 0.6 is 0 Å². The third-order valence-corrected chi connectivity index (χ3v) is 0.985. The van der Waals surface area contributed by atoms with Crippen molar-refractivity contribution < 1.29 is 9.53 Å². The van der Waals surface area contributed by atoms with Crippen LogP contribution in [0.15, 0.2) is 0 Å². The third-order valence-electron chi connectivity index (χ3n) is 0.985. The van der Waals surface area contributed by atoms with Crippen molar-refractivity contribution in [3.05, 3.63) is 0 Å². The summed E-state index contributed by atoms with van der Waals surface area (Å²) in [5.74, 6) is -0.339. The standard InChI is InChI=1S/C5H8N4O2/c1-2-3-4(10)11-5-6-8-9-7-5/h2-3H2,1H3,(H,6,7,8,9). The van der Waals surface area contributed by atoms with Gasteiger partial charge >= 0.3 is 12.0 Å². The lowest BCUT2D eigenvalue weighted by atomic mass is 10.3. The molecule has 6 heteroatoms. The van der Waals surface area contributed by atoms with Crippen molar-refractivity contribution in [3.63, 3.8) is 0 Å². The summed E-state index contributed by atoms with van der Waals surface area (Å²) in [5, 5.41) is 12.3. The minimum Gasteiger partial charge on any atom is -0.389 e. The summed E-state index contributed by atoms with van der Waals surface area (Å²) in [5.41, 5.74) is 0. The normalized spacial score (nSPS) is 9.55. The number of hydrogen-bond acceptors (Lipinski definition) is 5. The highest BCUT2D eigenvalue weighted by atomic mass is 16.6. The lowest BCUT2D eigenvalue weighted by Gasteiger charge is -1.94. The second-order valence-electron chi connectivity index (χ2n) is 1.92. The van der Waals surface area contributed by atoms with Gasteiger partial charge in [0.1, 0.15) is 0 Å². The molecule has 0 aliphatic carbocycles. The minimum atomic E-state index is -0.339. The molecule has 0 fully saturated rings. The molecule has 0 saturated carbocycles. The van der Waals surface area contributed by atoms with Gasteiger partial charge in [-0.25, -0.2) is 0 Å². The average molecular weight is 156 g/mol. The molecular formula is C5H8N4O2. The number of ether oxygens (including phenoxy) is 1. The number of hydrogen-bond donors (Lipinski definition) is 1. The second-order valence-corrected chi connectivity index (χ2v) is 1.92. The zero-order chi connectivity index (χ0) is 8.10. The summed E-state index contributed by atoms with van der Waals surface area (Å²) < 4.78 is 4.64. The Morgan fingerprint density at radius 3 is 3.09 bits per heavy atom. The van der Waals surface area contributed by atoms with Crippen molar-refractivity contribution in [1.82, 2.24) is 20.6 Å². The third kappa shape index (κ3) is 2.32. The zero-order valence-electron chi connectivity index (χ0n) is 6.07. The van der Waals surface area contributed by atoms with E-state index in [1.807, 2.05) is 6.92 Å². The van der Waals surface area contributed by atoms with Crippen molar-refractivity contribution in [2.75, 3.05) is 0 Å². The molecule has 1 N–H and O–H groups in total. The molecule has 0 bridgehead atoms. The highest BCUT2D eigenvalue weighted by Crippen LogP contribution is 1.97. The fourth-order valence-electron chi connectivity index (χ4n) is 0.553. The smallest absolute Gasteiger partial charge is 0.363 e. The van der Waals surface area contributed by atoms with Gasteiger partial charge in [0.25, 0.3) is 0 Å². The molecule has 0 saturated heterocycles. The van der Waals surface area contributed by atoms with Crippen molar-refractivity contribution in [1.29, 1.82) is 0 Å². The quantitative estimate of drug-likeness (QED) is 0.618. The number of rotatable bonds is 3. The van der Waals surface area contributed by atoms with Gasteiger partial charge in [0.2, 0.25) is 0 Å². The van der Waals surface area contributed by atoms with Crippen LogP contribution in [0.4, 0.5) is 0 Å². The first-order chi connectivity index (χ1) is 5.33. The molecular weight excluding hydrogens is 148 g/mol. The first kappa shape index (κ1) is 7.64. The van der Waals surface area contributed by atoms with E-state index in [4.69, 9.17) is 0 Å². The fourth-order valence-corrected chi connectivity index (χ4v) is 0.553. The monoisotopic (exact) mass is 156 g/mol. The number of carbonyl (C=O) groups excluding carboxylic acids is 1. The molecule has 11 heavy (non-hydrogen) atoms. The number of nitrogens with one attached hydrogen (secondary N) is 1. The largest absolute Gasteiger partial charge is 0.389 e. The van der Waals surface area contributed by atoms with E-state index in [1.165, 1.54) is 0 Å². The molecule has 1 aromatic rings. The summed E-state index contributed by atoms with van der Waals surface area (Å²) in [6.45, 7) is 1.89. The van der Waals surface area contributed by atoms with Gasteiger partial charge in [-0.05, 0) is 11.6 Å². The lowest BCUT2D eigenvalue weighted by molar-refractivity contribution is -0.134. The number of carbonyl (C=O) groups is 1. The SMILES string of the molecule is CCCC(=O)Oc1nn[nH]n1. The topological polar surface area (TPSA) is 80.8 Å². The van der Waals surface area contributed by atoms with Crippen LogP contribution in [0.1, 0.15) is 19.8 Å². The van der Waals surface area contributed by atoms with Gasteiger partial charge < -0.3 is 4.74 Å². The predicted molar refractivity (Wildman–Crippen MR) is 34.7 cm³/mol. The summed E-state index contributed by atoms with van der Waals surface area (Å²) in [7, 11) is 0. The first-order valence-electron chi connectivity index (χ1n) is 3.27. The number of H-pyrrole nitrogens is 1. The van der Waals surface area contributed by atoms with Gasteiger partial charge in [-0.15, -0.1) is 0 Å². The first-order valence-corrected chi connectivity index (χ1v) is 3.27. The Morgan fingerprint density at radius 2 is 2.55 bits per heavy atom. The maximum absolute atomic E-state index is 10.8. The number of tetrazole rings is 1. The van der Waals surface area contributed by atoms with E-state index in [9.17, 15) is 4.79 Å². The van der Waals surface area contributed by atoms with Crippen LogP contribution < -0.4 is 4.74 Å². The Bertz CT molecular complexity index is 220. The summed E-state index contributed by atoms with van der Waals surface area (Å²) in [4.78, 5) is 10.8. The number of esters is 1. The van der Waals surface area contributed by atoms with E-state index in [0.29, 0.717) is 6.42 Å². The van der Waals surface area contributed by atoms with Gasteiger partial charge in [0.15, 0.2) is 0 Å². The maximum Gasteiger partial charge on any atom is 0.363 e. The zero-order valence-corrected chi connectivity index (χ0v) is 6.07. The lowest BCUT2D eigenvalue weighted by Crippen LogP contribution is -2.07. The Morgan fingerprint density at radius 1 is 1.73 bits per heavy atom. The number of nitrogens with zero attached hydrogens (tertiary/aromatic N) is 3. The molecule has 0 aliphatic heterocycles. The van der Waals surface area contributed by atoms with Gasteiger partial charge in [0, 0.05) is 6.42 Å². The van der Waals surface area contributed by atoms with E-state index >= 15 is 0 Å². The van der Waals surface area contributed by atoms with Gasteiger partial charge in [-0.3, -0.25) is 4.79 Å². The van der Waals surface area contributed by atoms with Crippen LogP contribution in [0.2, 0.25) is 0 Å². The summed E-state index contributed by atoms with van der Waals surface area (Å²) in [6.07, 6.45) is 1.12. The molecule has 1 aromatic heterocycles. The summed E-state index contributed by atoms with van der Waals surface area (Å²) in [6, 6.07) is -0.0246. The molecule has 0 radical (unpaired) electrons. The van der Waals surface area contributed by atoms with Crippen LogP contribution in [0, 0.1) is 0 Å². The highest BCUT2D eigenvalue weighted by Gasteiger charge is 2.05. The molecule has 1 rings (SSSR count). The molecule has 0 amide bonds.